The van der Waals surface area contributed by atoms with E-state index in [9.17, 15) is 9.59 Å². The van der Waals surface area contributed by atoms with Gasteiger partial charge in [0.1, 0.15) is 0 Å². The normalized spacial score (nSPS) is 16.4. The van der Waals surface area contributed by atoms with Gasteiger partial charge in [-0.25, -0.2) is 4.79 Å². The van der Waals surface area contributed by atoms with Gasteiger partial charge in [0.05, 0.1) is 0 Å². The fraction of sp³-hybridized carbons (Fsp3) is 0.400. The number of carbonyl (C=O) groups excluding carboxylic acids is 2. The van der Waals surface area contributed by atoms with Crippen molar-refractivity contribution < 1.29 is 9.59 Å². The van der Waals surface area contributed by atoms with Crippen LogP contribution in [0.25, 0.3) is 0 Å². The number of anilines is 2. The third-order valence-corrected chi connectivity index (χ3v) is 4.81. The molecule has 0 spiro atoms. The van der Waals surface area contributed by atoms with Crippen LogP contribution >= 0.6 is 0 Å². The Morgan fingerprint density at radius 1 is 1.14 bits per heavy atom. The highest BCUT2D eigenvalue weighted by atomic mass is 16.2. The Hall–Kier alpha value is -3.16. The first kappa shape index (κ1) is 19.6. The molecule has 1 aromatic carbocycles. The molecule has 2 aromatic rings. The number of rotatable bonds is 5. The van der Waals surface area contributed by atoms with E-state index < -0.39 is 0 Å². The summed E-state index contributed by atoms with van der Waals surface area (Å²) in [5.74, 6) is 0.832. The molecule has 3 amide bonds. The maximum Gasteiger partial charge on any atom is 0.319 e. The van der Waals surface area contributed by atoms with Crippen LogP contribution < -0.4 is 20.9 Å². The number of hydrogen-bond acceptors (Lipinski definition) is 5. The lowest BCUT2D eigenvalue weighted by Crippen LogP contribution is -2.42. The lowest BCUT2D eigenvalue weighted by molar-refractivity contribution is 0.0957. The van der Waals surface area contributed by atoms with Crippen molar-refractivity contribution >= 4 is 23.4 Å². The third kappa shape index (κ3) is 5.18. The minimum atomic E-state index is -0.251. The van der Waals surface area contributed by atoms with E-state index >= 15 is 0 Å². The molecule has 0 bridgehead atoms. The number of urea groups is 1. The van der Waals surface area contributed by atoms with Crippen molar-refractivity contribution in [3.63, 3.8) is 0 Å². The molecule has 8 heteroatoms. The van der Waals surface area contributed by atoms with Gasteiger partial charge in [0.2, 0.25) is 0 Å². The molecule has 1 fully saturated rings. The summed E-state index contributed by atoms with van der Waals surface area (Å²) < 4.78 is 0. The molecule has 1 saturated heterocycles. The van der Waals surface area contributed by atoms with E-state index in [-0.39, 0.29) is 11.9 Å². The number of hydrogen-bond donors (Lipinski definition) is 3. The van der Waals surface area contributed by atoms with Gasteiger partial charge in [-0.1, -0.05) is 17.7 Å². The number of nitrogens with zero attached hydrogens (tertiary/aromatic N) is 3. The van der Waals surface area contributed by atoms with Crippen LogP contribution in [0.2, 0.25) is 0 Å². The predicted molar refractivity (Wildman–Crippen MR) is 109 cm³/mol. The molecule has 1 unspecified atom stereocenters. The van der Waals surface area contributed by atoms with Crippen molar-refractivity contribution in [3.8, 4) is 0 Å². The molecule has 3 N–H and O–H groups in total. The van der Waals surface area contributed by atoms with Crippen molar-refractivity contribution in [1.82, 2.24) is 20.8 Å². The summed E-state index contributed by atoms with van der Waals surface area (Å²) in [6, 6.07) is 11.0. The molecule has 3 rings (SSSR count). The molecule has 148 valence electrons. The molecule has 1 aliphatic heterocycles. The number of nitrogens with one attached hydrogen (secondary N) is 3. The summed E-state index contributed by atoms with van der Waals surface area (Å²) in [5.41, 5.74) is 2.23. The van der Waals surface area contributed by atoms with E-state index in [1.165, 1.54) is 0 Å². The van der Waals surface area contributed by atoms with Gasteiger partial charge in [0.15, 0.2) is 11.5 Å². The van der Waals surface area contributed by atoms with Gasteiger partial charge >= 0.3 is 6.03 Å². The van der Waals surface area contributed by atoms with E-state index in [1.807, 2.05) is 37.3 Å². The van der Waals surface area contributed by atoms with Crippen LogP contribution in [0.3, 0.4) is 0 Å². The SMILES string of the molecule is CNC(=O)c1ccc(N2CCCC(CNC(=O)Nc3ccc(C)cc3)C2)nn1. The highest BCUT2D eigenvalue weighted by Gasteiger charge is 2.22. The predicted octanol–water partition coefficient (Wildman–Crippen LogP) is 2.18. The Balaban J connectivity index is 1.50. The maximum absolute atomic E-state index is 12.1. The number of aromatic nitrogens is 2. The van der Waals surface area contributed by atoms with Crippen molar-refractivity contribution in [2.75, 3.05) is 36.9 Å². The summed E-state index contributed by atoms with van der Waals surface area (Å²) in [7, 11) is 1.56. The van der Waals surface area contributed by atoms with Gasteiger partial charge in [0.25, 0.3) is 5.91 Å². The monoisotopic (exact) mass is 382 g/mol. The highest BCUT2D eigenvalue weighted by Crippen LogP contribution is 2.21. The average Bonchev–Trinajstić information content (AvgIpc) is 2.74. The molecule has 1 aliphatic rings. The molecule has 1 aromatic heterocycles. The minimum absolute atomic E-state index is 0.198. The van der Waals surface area contributed by atoms with E-state index in [0.29, 0.717) is 18.2 Å². The van der Waals surface area contributed by atoms with Crippen molar-refractivity contribution in [2.45, 2.75) is 19.8 Å². The Bertz CT molecular complexity index is 806. The largest absolute Gasteiger partial charge is 0.355 e. The first-order valence-corrected chi connectivity index (χ1v) is 9.47. The van der Waals surface area contributed by atoms with Gasteiger partial charge < -0.3 is 20.9 Å². The minimum Gasteiger partial charge on any atom is -0.355 e. The second-order valence-electron chi connectivity index (χ2n) is 7.01. The quantitative estimate of drug-likeness (QED) is 0.736. The average molecular weight is 382 g/mol. The second-order valence-corrected chi connectivity index (χ2v) is 7.01. The number of piperidine rings is 1. The Kier molecular flexibility index (Phi) is 6.41. The maximum atomic E-state index is 12.1. The lowest BCUT2D eigenvalue weighted by atomic mass is 9.98. The van der Waals surface area contributed by atoms with Gasteiger partial charge in [-0.3, -0.25) is 4.79 Å². The summed E-state index contributed by atoms with van der Waals surface area (Å²) in [6.45, 7) is 4.28. The van der Waals surface area contributed by atoms with Gasteiger partial charge in [0, 0.05) is 32.4 Å². The summed E-state index contributed by atoms with van der Waals surface area (Å²) >= 11 is 0. The topological polar surface area (TPSA) is 99.2 Å². The second kappa shape index (κ2) is 9.16. The van der Waals surface area contributed by atoms with Gasteiger partial charge in [-0.15, -0.1) is 10.2 Å². The van der Waals surface area contributed by atoms with E-state index in [4.69, 9.17) is 0 Å². The first-order chi connectivity index (χ1) is 13.5. The van der Waals surface area contributed by atoms with Crippen LogP contribution in [-0.4, -0.2) is 48.8 Å². The standard InChI is InChI=1S/C20H26N6O2/c1-14-5-7-16(8-6-14)23-20(28)22-12-15-4-3-11-26(13-15)18-10-9-17(24-25-18)19(27)21-2/h5-10,15H,3-4,11-13H2,1-2H3,(H,21,27)(H2,22,23,28). The molecule has 0 radical (unpaired) electrons. The molecule has 1 atom stereocenters. The van der Waals surface area contributed by atoms with Crippen LogP contribution in [0.15, 0.2) is 36.4 Å². The zero-order valence-corrected chi connectivity index (χ0v) is 16.2. The molecule has 0 saturated carbocycles. The molecule has 8 nitrogen and oxygen atoms in total. The fourth-order valence-electron chi connectivity index (χ4n) is 3.23. The Labute approximate surface area is 164 Å². The Morgan fingerprint density at radius 2 is 1.93 bits per heavy atom. The number of benzene rings is 1. The van der Waals surface area contributed by atoms with E-state index in [2.05, 4.69) is 31.0 Å². The Morgan fingerprint density at radius 3 is 2.61 bits per heavy atom. The van der Waals surface area contributed by atoms with Crippen LogP contribution in [0.4, 0.5) is 16.3 Å². The van der Waals surface area contributed by atoms with Crippen LogP contribution in [0, 0.1) is 12.8 Å². The van der Waals surface area contributed by atoms with Crippen LogP contribution in [-0.2, 0) is 0 Å². The molecule has 0 aliphatic carbocycles. The molecular weight excluding hydrogens is 356 g/mol. The van der Waals surface area contributed by atoms with Crippen molar-refractivity contribution in [2.24, 2.45) is 5.92 Å². The zero-order chi connectivity index (χ0) is 19.9. The molecular formula is C20H26N6O2. The fourth-order valence-corrected chi connectivity index (χ4v) is 3.23. The van der Waals surface area contributed by atoms with E-state index in [0.717, 1.165) is 43.0 Å². The third-order valence-electron chi connectivity index (χ3n) is 4.81. The number of amides is 3. The highest BCUT2D eigenvalue weighted by molar-refractivity contribution is 5.92. The summed E-state index contributed by atoms with van der Waals surface area (Å²) in [4.78, 5) is 25.8. The molecule has 2 heterocycles. The lowest BCUT2D eigenvalue weighted by Gasteiger charge is -2.33. The van der Waals surface area contributed by atoms with Gasteiger partial charge in [-0.2, -0.15) is 0 Å². The van der Waals surface area contributed by atoms with Crippen LogP contribution in [0.1, 0.15) is 28.9 Å². The van der Waals surface area contributed by atoms with E-state index in [1.54, 1.807) is 13.1 Å². The first-order valence-electron chi connectivity index (χ1n) is 9.47. The summed E-state index contributed by atoms with van der Waals surface area (Å²) in [6.07, 6.45) is 2.07. The van der Waals surface area contributed by atoms with Crippen molar-refractivity contribution in [1.29, 1.82) is 0 Å². The smallest absolute Gasteiger partial charge is 0.319 e. The summed E-state index contributed by atoms with van der Waals surface area (Å²) in [5, 5.41) is 16.5. The number of carbonyl (C=O) groups is 2. The zero-order valence-electron chi connectivity index (χ0n) is 16.2. The molecule has 28 heavy (non-hydrogen) atoms. The van der Waals surface area contributed by atoms with Gasteiger partial charge in [-0.05, 0) is 49.9 Å². The van der Waals surface area contributed by atoms with Crippen LogP contribution in [0.5, 0.6) is 0 Å². The van der Waals surface area contributed by atoms with Crippen molar-refractivity contribution in [3.05, 3.63) is 47.7 Å². The number of aryl methyl sites for hydroxylation is 1.